The second kappa shape index (κ2) is 11.6. The van der Waals surface area contributed by atoms with Gasteiger partial charge in [0, 0.05) is 12.1 Å². The van der Waals surface area contributed by atoms with Crippen molar-refractivity contribution in [2.24, 2.45) is 10.9 Å². The average molecular weight is 592 g/mol. The molecule has 2 aliphatic rings. The minimum atomic E-state index is -4.78. The van der Waals surface area contributed by atoms with E-state index in [0.29, 0.717) is 23.1 Å². The predicted octanol–water partition coefficient (Wildman–Crippen LogP) is 8.70. The summed E-state index contributed by atoms with van der Waals surface area (Å²) < 4.78 is 77.0. The highest BCUT2D eigenvalue weighted by Crippen LogP contribution is 2.41. The number of hydrogen-bond donors (Lipinski definition) is 0. The summed E-state index contributed by atoms with van der Waals surface area (Å²) in [5, 5.41) is 0. The second-order valence-corrected chi connectivity index (χ2v) is 10.6. The summed E-state index contributed by atoms with van der Waals surface area (Å²) in [7, 11) is 0. The number of esters is 1. The van der Waals surface area contributed by atoms with Gasteiger partial charge in [0.15, 0.2) is 0 Å². The molecule has 4 nitrogen and oxygen atoms in total. The SMILES string of the molecule is O=C(OC1CCCc2ccccc21)[C@H]1CC(c2c(F)cccc2F)=NC1c1ccc(-c2ccc(OC(F)(F)F)cc2)cc1. The third-order valence-electron chi connectivity index (χ3n) is 7.89. The predicted molar refractivity (Wildman–Crippen MR) is 151 cm³/mol. The minimum Gasteiger partial charge on any atom is -0.457 e. The van der Waals surface area contributed by atoms with Gasteiger partial charge in [0.1, 0.15) is 23.5 Å². The summed E-state index contributed by atoms with van der Waals surface area (Å²) in [5.74, 6) is -3.16. The Morgan fingerprint density at radius 1 is 0.814 bits per heavy atom. The Kier molecular flexibility index (Phi) is 7.73. The summed E-state index contributed by atoms with van der Waals surface area (Å²) in [6.07, 6.45) is -2.75. The van der Waals surface area contributed by atoms with E-state index in [-0.39, 0.29) is 23.4 Å². The number of alkyl halides is 3. The standard InChI is InChI=1S/C34H26F5NO3/c35-27-8-4-9-28(36)31(27)29-19-26(33(41)42-30-10-3-6-22-5-1-2-7-25(22)30)32(40-29)23-13-11-20(12-14-23)21-15-17-24(18-16-21)43-34(37,38)39/h1-2,4-5,7-9,11-18,26,30,32H,3,6,10,19H2/t26-,30?,32?/m0/s1. The van der Waals surface area contributed by atoms with Crippen LogP contribution in [0.1, 0.15) is 53.7 Å². The van der Waals surface area contributed by atoms with Crippen molar-refractivity contribution in [1.82, 2.24) is 0 Å². The zero-order valence-corrected chi connectivity index (χ0v) is 22.8. The topological polar surface area (TPSA) is 47.9 Å². The van der Waals surface area contributed by atoms with Gasteiger partial charge in [-0.25, -0.2) is 8.78 Å². The summed E-state index contributed by atoms with van der Waals surface area (Å²) in [6, 6.07) is 23.1. The van der Waals surface area contributed by atoms with E-state index in [1.54, 1.807) is 24.3 Å². The van der Waals surface area contributed by atoms with Gasteiger partial charge in [-0.15, -0.1) is 13.2 Å². The fourth-order valence-electron chi connectivity index (χ4n) is 5.87. The lowest BCUT2D eigenvalue weighted by Crippen LogP contribution is -2.25. The quantitative estimate of drug-likeness (QED) is 0.167. The van der Waals surface area contributed by atoms with Crippen LogP contribution in [0, 0.1) is 17.6 Å². The number of carbonyl (C=O) groups excluding carboxylic acids is 1. The molecule has 0 saturated carbocycles. The highest BCUT2D eigenvalue weighted by molar-refractivity contribution is 6.04. The maximum Gasteiger partial charge on any atom is 0.573 e. The van der Waals surface area contributed by atoms with Gasteiger partial charge in [-0.3, -0.25) is 9.79 Å². The molecule has 9 heteroatoms. The number of halogens is 5. The fourth-order valence-corrected chi connectivity index (χ4v) is 5.87. The zero-order chi connectivity index (χ0) is 30.1. The Bertz CT molecular complexity index is 1640. The van der Waals surface area contributed by atoms with Crippen molar-refractivity contribution >= 4 is 11.7 Å². The molecule has 3 atom stereocenters. The van der Waals surface area contributed by atoms with Crippen molar-refractivity contribution < 1.29 is 36.2 Å². The minimum absolute atomic E-state index is 0.00185. The van der Waals surface area contributed by atoms with Crippen LogP contribution in [0.2, 0.25) is 0 Å². The molecule has 220 valence electrons. The van der Waals surface area contributed by atoms with Crippen molar-refractivity contribution in [3.63, 3.8) is 0 Å². The Hall–Kier alpha value is -4.53. The van der Waals surface area contributed by atoms with Crippen molar-refractivity contribution in [2.75, 3.05) is 0 Å². The van der Waals surface area contributed by atoms with E-state index in [0.717, 1.165) is 36.1 Å². The molecule has 1 heterocycles. The van der Waals surface area contributed by atoms with Gasteiger partial charge >= 0.3 is 12.3 Å². The number of fused-ring (bicyclic) bond motifs is 1. The molecule has 0 aromatic heterocycles. The molecule has 2 unspecified atom stereocenters. The second-order valence-electron chi connectivity index (χ2n) is 10.6. The molecule has 1 aliphatic carbocycles. The van der Waals surface area contributed by atoms with Crippen LogP contribution in [-0.2, 0) is 16.0 Å². The number of benzene rings is 4. The van der Waals surface area contributed by atoms with Crippen LogP contribution < -0.4 is 4.74 Å². The molecule has 4 aromatic rings. The van der Waals surface area contributed by atoms with Gasteiger partial charge < -0.3 is 9.47 Å². The highest BCUT2D eigenvalue weighted by Gasteiger charge is 2.40. The first-order chi connectivity index (χ1) is 20.7. The lowest BCUT2D eigenvalue weighted by atomic mass is 9.88. The van der Waals surface area contributed by atoms with E-state index >= 15 is 0 Å². The third kappa shape index (κ3) is 6.16. The number of rotatable bonds is 6. The molecule has 0 saturated heterocycles. The summed E-state index contributed by atoms with van der Waals surface area (Å²) >= 11 is 0. The molecule has 0 amide bonds. The Morgan fingerprint density at radius 3 is 2.14 bits per heavy atom. The van der Waals surface area contributed by atoms with E-state index in [1.807, 2.05) is 24.3 Å². The van der Waals surface area contributed by atoms with E-state index < -0.39 is 42.0 Å². The Morgan fingerprint density at radius 2 is 1.47 bits per heavy atom. The Balaban J connectivity index is 1.28. The van der Waals surface area contributed by atoms with Gasteiger partial charge in [0.2, 0.25) is 0 Å². The van der Waals surface area contributed by atoms with Crippen molar-refractivity contribution in [2.45, 2.75) is 44.2 Å². The maximum atomic E-state index is 14.7. The maximum absolute atomic E-state index is 14.7. The van der Waals surface area contributed by atoms with Crippen LogP contribution in [0.15, 0.2) is 96.0 Å². The van der Waals surface area contributed by atoms with Crippen LogP contribution >= 0.6 is 0 Å². The molecule has 0 bridgehead atoms. The van der Waals surface area contributed by atoms with Crippen molar-refractivity contribution in [3.05, 3.63) is 125 Å². The first-order valence-electron chi connectivity index (χ1n) is 13.9. The lowest BCUT2D eigenvalue weighted by molar-refractivity contribution is -0.274. The van der Waals surface area contributed by atoms with E-state index in [1.165, 1.54) is 30.3 Å². The normalized spacial score (nSPS) is 19.8. The number of ether oxygens (including phenoxy) is 2. The van der Waals surface area contributed by atoms with Crippen LogP contribution in [-0.4, -0.2) is 18.0 Å². The molecule has 0 N–H and O–H groups in total. The zero-order valence-electron chi connectivity index (χ0n) is 22.8. The van der Waals surface area contributed by atoms with E-state index in [4.69, 9.17) is 4.74 Å². The number of carbonyl (C=O) groups is 1. The van der Waals surface area contributed by atoms with E-state index in [9.17, 15) is 26.7 Å². The average Bonchev–Trinajstić information content (AvgIpc) is 3.42. The number of hydrogen-bond acceptors (Lipinski definition) is 4. The van der Waals surface area contributed by atoms with Gasteiger partial charge in [-0.1, -0.05) is 66.7 Å². The van der Waals surface area contributed by atoms with Gasteiger partial charge in [-0.05, 0) is 71.3 Å². The summed E-state index contributed by atoms with van der Waals surface area (Å²) in [4.78, 5) is 18.3. The van der Waals surface area contributed by atoms with E-state index in [2.05, 4.69) is 9.73 Å². The molecule has 0 radical (unpaired) electrons. The lowest BCUT2D eigenvalue weighted by Gasteiger charge is -2.27. The summed E-state index contributed by atoms with van der Waals surface area (Å²) in [6.45, 7) is 0. The molecule has 0 spiro atoms. The number of aliphatic imine (C=N–C) groups is 1. The molecule has 6 rings (SSSR count). The fraction of sp³-hybridized carbons (Fsp3) is 0.235. The van der Waals surface area contributed by atoms with Crippen molar-refractivity contribution in [3.8, 4) is 16.9 Å². The van der Waals surface area contributed by atoms with Crippen LogP contribution in [0.3, 0.4) is 0 Å². The van der Waals surface area contributed by atoms with Gasteiger partial charge in [0.25, 0.3) is 0 Å². The Labute approximate surface area is 244 Å². The highest BCUT2D eigenvalue weighted by atomic mass is 19.4. The van der Waals surface area contributed by atoms with Gasteiger partial charge in [0.05, 0.1) is 17.5 Å². The third-order valence-corrected chi connectivity index (χ3v) is 7.89. The number of aryl methyl sites for hydroxylation is 1. The molecular weight excluding hydrogens is 565 g/mol. The molecule has 1 aliphatic heterocycles. The van der Waals surface area contributed by atoms with Crippen LogP contribution in [0.5, 0.6) is 5.75 Å². The first-order valence-corrected chi connectivity index (χ1v) is 13.9. The van der Waals surface area contributed by atoms with Gasteiger partial charge in [-0.2, -0.15) is 0 Å². The molecular formula is C34H26F5NO3. The van der Waals surface area contributed by atoms with Crippen LogP contribution in [0.25, 0.3) is 11.1 Å². The first kappa shape index (κ1) is 28.6. The monoisotopic (exact) mass is 591 g/mol. The molecule has 43 heavy (non-hydrogen) atoms. The summed E-state index contributed by atoms with van der Waals surface area (Å²) in [5.41, 5.74) is 3.99. The molecule has 0 fully saturated rings. The van der Waals surface area contributed by atoms with Crippen LogP contribution in [0.4, 0.5) is 22.0 Å². The molecule has 4 aromatic carbocycles. The smallest absolute Gasteiger partial charge is 0.457 e. The largest absolute Gasteiger partial charge is 0.573 e. The van der Waals surface area contributed by atoms with Crippen molar-refractivity contribution in [1.29, 1.82) is 0 Å². The number of nitrogens with zero attached hydrogens (tertiary/aromatic N) is 1.